The number of nitrogens with zero attached hydrogens (tertiary/aromatic N) is 1. The minimum absolute atomic E-state index is 0.374. The molecule has 96 valence electrons. The van der Waals surface area contributed by atoms with Gasteiger partial charge in [-0.15, -0.1) is 11.3 Å². The van der Waals surface area contributed by atoms with Gasteiger partial charge in [-0.1, -0.05) is 12.8 Å². The van der Waals surface area contributed by atoms with Crippen LogP contribution in [0.5, 0.6) is 0 Å². The Labute approximate surface area is 108 Å². The Hall–Kier alpha value is -0.450. The van der Waals surface area contributed by atoms with Crippen LogP contribution in [0.2, 0.25) is 0 Å². The van der Waals surface area contributed by atoms with Crippen LogP contribution >= 0.6 is 11.3 Å². The average molecular weight is 253 g/mol. The summed E-state index contributed by atoms with van der Waals surface area (Å²) in [5.41, 5.74) is 0. The summed E-state index contributed by atoms with van der Waals surface area (Å²) in [6, 6.07) is 1.15. The molecule has 3 nitrogen and oxygen atoms in total. The third-order valence-corrected chi connectivity index (χ3v) is 4.47. The third kappa shape index (κ3) is 4.05. The fourth-order valence-corrected chi connectivity index (χ4v) is 3.16. The van der Waals surface area contributed by atoms with Gasteiger partial charge in [0.2, 0.25) is 0 Å². The van der Waals surface area contributed by atoms with Gasteiger partial charge in [-0.3, -0.25) is 0 Å². The molecule has 0 aliphatic heterocycles. The quantitative estimate of drug-likeness (QED) is 0.765. The molecule has 0 saturated heterocycles. The zero-order valence-corrected chi connectivity index (χ0v) is 11.6. The molecular formula is C13H23N3S. The molecule has 0 radical (unpaired) electrons. The molecule has 1 unspecified atom stereocenters. The number of nitrogens with one attached hydrogen (secondary N) is 2. The monoisotopic (exact) mass is 253 g/mol. The molecule has 0 aromatic carbocycles. The maximum absolute atomic E-state index is 4.41. The first-order chi connectivity index (χ1) is 8.25. The maximum Gasteiger partial charge on any atom is 0.109 e. The fraction of sp³-hybridized carbons (Fsp3) is 0.769. The number of aryl methyl sites for hydroxylation is 1. The van der Waals surface area contributed by atoms with Crippen LogP contribution in [0.1, 0.15) is 48.5 Å². The summed E-state index contributed by atoms with van der Waals surface area (Å²) in [7, 11) is 0. The van der Waals surface area contributed by atoms with Crippen molar-refractivity contribution in [1.29, 1.82) is 0 Å². The Balaban J connectivity index is 1.61. The number of aromatic nitrogens is 1. The van der Waals surface area contributed by atoms with Crippen LogP contribution in [0.3, 0.4) is 0 Å². The summed E-state index contributed by atoms with van der Waals surface area (Å²) in [4.78, 5) is 5.70. The van der Waals surface area contributed by atoms with Gasteiger partial charge in [-0.2, -0.15) is 0 Å². The summed E-state index contributed by atoms with van der Waals surface area (Å²) >= 11 is 1.79. The molecule has 1 fully saturated rings. The normalized spacial score (nSPS) is 18.7. The number of hydrogen-bond donors (Lipinski definition) is 2. The van der Waals surface area contributed by atoms with Crippen LogP contribution in [-0.2, 0) is 0 Å². The summed E-state index contributed by atoms with van der Waals surface area (Å²) < 4.78 is 0. The van der Waals surface area contributed by atoms with E-state index in [9.17, 15) is 0 Å². The second-order valence-corrected chi connectivity index (χ2v) is 6.19. The van der Waals surface area contributed by atoms with Crippen molar-refractivity contribution >= 4 is 11.3 Å². The minimum atomic E-state index is 0.374. The van der Waals surface area contributed by atoms with Gasteiger partial charge in [0, 0.05) is 30.2 Å². The van der Waals surface area contributed by atoms with E-state index in [0.717, 1.165) is 19.1 Å². The lowest BCUT2D eigenvalue weighted by atomic mass is 10.2. The summed E-state index contributed by atoms with van der Waals surface area (Å²) in [5.74, 6) is 0. The van der Waals surface area contributed by atoms with Gasteiger partial charge >= 0.3 is 0 Å². The minimum Gasteiger partial charge on any atom is -0.313 e. The highest BCUT2D eigenvalue weighted by Gasteiger charge is 2.13. The third-order valence-electron chi connectivity index (χ3n) is 3.37. The summed E-state index contributed by atoms with van der Waals surface area (Å²) in [5, 5.41) is 8.33. The Morgan fingerprint density at radius 1 is 1.41 bits per heavy atom. The van der Waals surface area contributed by atoms with Crippen molar-refractivity contribution in [3.05, 3.63) is 16.1 Å². The van der Waals surface area contributed by atoms with E-state index in [4.69, 9.17) is 0 Å². The molecule has 1 atom stereocenters. The van der Waals surface area contributed by atoms with Crippen molar-refractivity contribution < 1.29 is 0 Å². The smallest absolute Gasteiger partial charge is 0.109 e. The van der Waals surface area contributed by atoms with E-state index in [1.54, 1.807) is 11.3 Å². The molecule has 2 rings (SSSR count). The Bertz CT molecular complexity index is 331. The van der Waals surface area contributed by atoms with E-state index >= 15 is 0 Å². The molecule has 1 aliphatic carbocycles. The molecule has 1 saturated carbocycles. The summed E-state index contributed by atoms with van der Waals surface area (Å²) in [6.45, 7) is 6.39. The van der Waals surface area contributed by atoms with Crippen LogP contribution < -0.4 is 10.6 Å². The second kappa shape index (κ2) is 6.47. The predicted octanol–water partition coefficient (Wildman–Crippen LogP) is 2.63. The van der Waals surface area contributed by atoms with Crippen LogP contribution in [0.15, 0.2) is 6.20 Å². The first-order valence-electron chi connectivity index (χ1n) is 6.65. The van der Waals surface area contributed by atoms with Gasteiger partial charge in [0.1, 0.15) is 5.01 Å². The van der Waals surface area contributed by atoms with Gasteiger partial charge in [0.05, 0.1) is 6.04 Å². The van der Waals surface area contributed by atoms with Crippen molar-refractivity contribution in [3.8, 4) is 0 Å². The van der Waals surface area contributed by atoms with E-state index in [-0.39, 0.29) is 0 Å². The molecule has 17 heavy (non-hydrogen) atoms. The lowest BCUT2D eigenvalue weighted by Gasteiger charge is -2.14. The molecular weight excluding hydrogens is 230 g/mol. The van der Waals surface area contributed by atoms with Crippen molar-refractivity contribution in [2.75, 3.05) is 13.1 Å². The highest BCUT2D eigenvalue weighted by atomic mass is 32.1. The van der Waals surface area contributed by atoms with Gasteiger partial charge in [-0.05, 0) is 26.7 Å². The van der Waals surface area contributed by atoms with E-state index in [0.29, 0.717) is 6.04 Å². The highest BCUT2D eigenvalue weighted by Crippen LogP contribution is 2.19. The fourth-order valence-electron chi connectivity index (χ4n) is 2.35. The van der Waals surface area contributed by atoms with Crippen molar-refractivity contribution in [2.45, 2.75) is 51.6 Å². The Morgan fingerprint density at radius 2 is 2.18 bits per heavy atom. The SMILES string of the molecule is Cc1cnc(C(C)NCCNC2CCCC2)s1. The summed E-state index contributed by atoms with van der Waals surface area (Å²) in [6.07, 6.45) is 7.48. The van der Waals surface area contributed by atoms with Gasteiger partial charge in [-0.25, -0.2) is 4.98 Å². The predicted molar refractivity (Wildman–Crippen MR) is 73.5 cm³/mol. The lowest BCUT2D eigenvalue weighted by molar-refractivity contribution is 0.487. The van der Waals surface area contributed by atoms with E-state index in [2.05, 4.69) is 29.5 Å². The molecule has 1 aromatic heterocycles. The van der Waals surface area contributed by atoms with Crippen LogP contribution in [-0.4, -0.2) is 24.1 Å². The zero-order chi connectivity index (χ0) is 12.1. The molecule has 0 bridgehead atoms. The van der Waals surface area contributed by atoms with E-state index in [1.165, 1.54) is 35.6 Å². The highest BCUT2D eigenvalue weighted by molar-refractivity contribution is 7.11. The molecule has 1 aromatic rings. The van der Waals surface area contributed by atoms with E-state index < -0.39 is 0 Å². The number of rotatable bonds is 6. The molecule has 0 amide bonds. The van der Waals surface area contributed by atoms with Gasteiger partial charge in [0.15, 0.2) is 0 Å². The topological polar surface area (TPSA) is 37.0 Å². The average Bonchev–Trinajstić information content (AvgIpc) is 2.95. The van der Waals surface area contributed by atoms with Crippen molar-refractivity contribution in [3.63, 3.8) is 0 Å². The number of thiazole rings is 1. The van der Waals surface area contributed by atoms with Gasteiger partial charge < -0.3 is 10.6 Å². The Morgan fingerprint density at radius 3 is 2.82 bits per heavy atom. The lowest BCUT2D eigenvalue weighted by Crippen LogP contribution is -2.34. The van der Waals surface area contributed by atoms with Crippen LogP contribution in [0.25, 0.3) is 0 Å². The second-order valence-electron chi connectivity index (χ2n) is 4.92. The van der Waals surface area contributed by atoms with Crippen molar-refractivity contribution in [1.82, 2.24) is 15.6 Å². The molecule has 4 heteroatoms. The molecule has 2 N–H and O–H groups in total. The molecule has 0 spiro atoms. The Kier molecular flexibility index (Phi) is 4.95. The molecule has 1 heterocycles. The van der Waals surface area contributed by atoms with Gasteiger partial charge in [0.25, 0.3) is 0 Å². The standard InChI is InChI=1S/C13H23N3S/c1-10-9-16-13(17-10)11(2)14-7-8-15-12-5-3-4-6-12/h9,11-12,14-15H,3-8H2,1-2H3. The maximum atomic E-state index is 4.41. The largest absolute Gasteiger partial charge is 0.313 e. The van der Waals surface area contributed by atoms with Crippen molar-refractivity contribution in [2.24, 2.45) is 0 Å². The van der Waals surface area contributed by atoms with Crippen LogP contribution in [0.4, 0.5) is 0 Å². The van der Waals surface area contributed by atoms with Crippen LogP contribution in [0, 0.1) is 6.92 Å². The number of hydrogen-bond acceptors (Lipinski definition) is 4. The first-order valence-corrected chi connectivity index (χ1v) is 7.46. The van der Waals surface area contributed by atoms with E-state index in [1.807, 2.05) is 6.20 Å². The zero-order valence-electron chi connectivity index (χ0n) is 10.8. The molecule has 1 aliphatic rings. The first kappa shape index (κ1) is 13.0.